The van der Waals surface area contributed by atoms with Crippen LogP contribution in [0.15, 0.2) is 0 Å². The second kappa shape index (κ2) is 5.01. The van der Waals surface area contributed by atoms with Crippen LogP contribution >= 0.6 is 11.5 Å². The zero-order chi connectivity index (χ0) is 14.2. The monoisotopic (exact) mass is 295 g/mol. The van der Waals surface area contributed by atoms with E-state index in [2.05, 4.69) is 25.3 Å². The molecule has 0 bridgehead atoms. The van der Waals surface area contributed by atoms with Crippen molar-refractivity contribution in [2.75, 3.05) is 11.9 Å². The Morgan fingerprint density at radius 1 is 1.50 bits per heavy atom. The number of carbonyl (C=O) groups is 2. The average Bonchev–Trinajstić information content (AvgIpc) is 3.09. The van der Waals surface area contributed by atoms with Gasteiger partial charge in [0.25, 0.3) is 5.91 Å². The molecule has 0 aromatic carbocycles. The second-order valence-electron chi connectivity index (χ2n) is 5.22. The first-order valence-corrected chi connectivity index (χ1v) is 7.61. The second-order valence-corrected chi connectivity index (χ2v) is 5.97. The van der Waals surface area contributed by atoms with Gasteiger partial charge in [-0.1, -0.05) is 13.3 Å². The van der Waals surface area contributed by atoms with Crippen molar-refractivity contribution in [1.29, 1.82) is 0 Å². The fourth-order valence-electron chi connectivity index (χ4n) is 3.00. The third kappa shape index (κ3) is 2.13. The molecule has 2 atom stereocenters. The molecule has 3 rings (SSSR count). The van der Waals surface area contributed by atoms with E-state index in [4.69, 9.17) is 0 Å². The van der Waals surface area contributed by atoms with Crippen molar-refractivity contribution in [2.45, 2.75) is 38.1 Å². The minimum Gasteiger partial charge on any atom is -0.360 e. The van der Waals surface area contributed by atoms with Gasteiger partial charge in [-0.15, -0.1) is 0 Å². The lowest BCUT2D eigenvalue weighted by Crippen LogP contribution is -2.51. The Bertz CT molecular complexity index is 546. The Labute approximate surface area is 120 Å². The van der Waals surface area contributed by atoms with Crippen LogP contribution in [0.5, 0.6) is 0 Å². The highest BCUT2D eigenvalue weighted by Crippen LogP contribution is 2.38. The Balaban J connectivity index is 1.67. The van der Waals surface area contributed by atoms with Crippen LogP contribution in [0.2, 0.25) is 0 Å². The van der Waals surface area contributed by atoms with Gasteiger partial charge in [-0.05, 0) is 12.8 Å². The highest BCUT2D eigenvalue weighted by atomic mass is 32.1. The van der Waals surface area contributed by atoms with Crippen LogP contribution in [0.1, 0.15) is 32.0 Å². The Hall–Kier alpha value is -1.70. The number of nitrogens with one attached hydrogen (secondary N) is 3. The molecule has 1 saturated heterocycles. The molecule has 2 aliphatic rings. The average molecular weight is 295 g/mol. The third-order valence-corrected chi connectivity index (χ3v) is 4.78. The van der Waals surface area contributed by atoms with E-state index in [0.717, 1.165) is 30.2 Å². The smallest absolute Gasteiger partial charge is 0.322 e. The van der Waals surface area contributed by atoms with Crippen molar-refractivity contribution in [3.63, 3.8) is 0 Å². The molecular formula is C12H17N5O2S. The number of imide groups is 1. The van der Waals surface area contributed by atoms with Gasteiger partial charge in [0, 0.05) is 30.4 Å². The van der Waals surface area contributed by atoms with Crippen LogP contribution in [0.4, 0.5) is 9.93 Å². The van der Waals surface area contributed by atoms with Crippen LogP contribution in [0, 0.1) is 5.92 Å². The molecule has 1 aliphatic carbocycles. The lowest BCUT2D eigenvalue weighted by atomic mass is 9.87. The number of urea groups is 1. The number of aromatic nitrogens is 2. The van der Waals surface area contributed by atoms with Crippen molar-refractivity contribution >= 4 is 28.6 Å². The molecule has 1 aromatic heterocycles. The first kappa shape index (κ1) is 13.3. The summed E-state index contributed by atoms with van der Waals surface area (Å²) < 4.78 is 4.21. The summed E-state index contributed by atoms with van der Waals surface area (Å²) in [6.45, 7) is 2.63. The summed E-state index contributed by atoms with van der Waals surface area (Å²) in [6.07, 6.45) is 3.37. The van der Waals surface area contributed by atoms with Gasteiger partial charge < -0.3 is 10.6 Å². The Morgan fingerprint density at radius 3 is 3.00 bits per heavy atom. The summed E-state index contributed by atoms with van der Waals surface area (Å²) in [4.78, 5) is 27.8. The van der Waals surface area contributed by atoms with Gasteiger partial charge in [-0.25, -0.2) is 9.78 Å². The number of carbonyl (C=O) groups excluding carboxylic acids is 2. The van der Waals surface area contributed by atoms with Gasteiger partial charge >= 0.3 is 6.03 Å². The number of rotatable bonds is 4. The summed E-state index contributed by atoms with van der Waals surface area (Å²) in [5.74, 6) is 0.715. The molecule has 1 aromatic rings. The maximum atomic E-state index is 12.0. The summed E-state index contributed by atoms with van der Waals surface area (Å²) >= 11 is 1.33. The van der Waals surface area contributed by atoms with Gasteiger partial charge in [0.2, 0.25) is 5.13 Å². The quantitative estimate of drug-likeness (QED) is 0.717. The molecule has 108 valence electrons. The SMILES string of the molecule is CCc1nsc(NCC2CCCC23NC(=O)NC3=O)n1. The van der Waals surface area contributed by atoms with E-state index < -0.39 is 5.54 Å². The fourth-order valence-corrected chi connectivity index (χ4v) is 3.66. The van der Waals surface area contributed by atoms with E-state index in [1.54, 1.807) is 0 Å². The molecule has 1 spiro atoms. The van der Waals surface area contributed by atoms with E-state index in [0.29, 0.717) is 13.0 Å². The summed E-state index contributed by atoms with van der Waals surface area (Å²) in [7, 11) is 0. The number of hydrogen-bond donors (Lipinski definition) is 3. The number of nitrogens with zero attached hydrogens (tertiary/aromatic N) is 2. The largest absolute Gasteiger partial charge is 0.360 e. The summed E-state index contributed by atoms with van der Waals surface area (Å²) in [5.41, 5.74) is -0.734. The molecule has 2 fully saturated rings. The van der Waals surface area contributed by atoms with Gasteiger partial charge in [0.05, 0.1) is 0 Å². The molecule has 7 nitrogen and oxygen atoms in total. The molecule has 1 aliphatic heterocycles. The van der Waals surface area contributed by atoms with E-state index >= 15 is 0 Å². The Kier molecular flexibility index (Phi) is 3.33. The number of aryl methyl sites for hydroxylation is 1. The van der Waals surface area contributed by atoms with Gasteiger partial charge in [-0.3, -0.25) is 10.1 Å². The van der Waals surface area contributed by atoms with Crippen molar-refractivity contribution in [1.82, 2.24) is 20.0 Å². The zero-order valence-corrected chi connectivity index (χ0v) is 12.0. The van der Waals surface area contributed by atoms with E-state index in [9.17, 15) is 9.59 Å². The molecule has 3 amide bonds. The van der Waals surface area contributed by atoms with Crippen LogP contribution in [-0.2, 0) is 11.2 Å². The molecule has 0 radical (unpaired) electrons. The highest BCUT2D eigenvalue weighted by Gasteiger charge is 2.54. The van der Waals surface area contributed by atoms with E-state index in [-0.39, 0.29) is 17.9 Å². The Morgan fingerprint density at radius 2 is 2.35 bits per heavy atom. The summed E-state index contributed by atoms with van der Waals surface area (Å²) in [6, 6.07) is -0.383. The normalized spacial score (nSPS) is 28.8. The summed E-state index contributed by atoms with van der Waals surface area (Å²) in [5, 5.41) is 9.17. The van der Waals surface area contributed by atoms with Gasteiger partial charge in [-0.2, -0.15) is 4.37 Å². The zero-order valence-electron chi connectivity index (χ0n) is 11.2. The fraction of sp³-hybridized carbons (Fsp3) is 0.667. The van der Waals surface area contributed by atoms with Crippen molar-refractivity contribution in [3.05, 3.63) is 5.82 Å². The first-order chi connectivity index (χ1) is 9.64. The predicted octanol–water partition coefficient (Wildman–Crippen LogP) is 0.891. The molecule has 3 N–H and O–H groups in total. The lowest BCUT2D eigenvalue weighted by Gasteiger charge is -2.27. The topological polar surface area (TPSA) is 96.0 Å². The van der Waals surface area contributed by atoms with Crippen LogP contribution < -0.4 is 16.0 Å². The van der Waals surface area contributed by atoms with Gasteiger partial charge in [0.15, 0.2) is 0 Å². The van der Waals surface area contributed by atoms with Crippen LogP contribution in [0.3, 0.4) is 0 Å². The van der Waals surface area contributed by atoms with Gasteiger partial charge in [0.1, 0.15) is 11.4 Å². The molecule has 1 saturated carbocycles. The lowest BCUT2D eigenvalue weighted by molar-refractivity contribution is -0.125. The maximum Gasteiger partial charge on any atom is 0.322 e. The molecule has 2 heterocycles. The number of amides is 3. The van der Waals surface area contributed by atoms with Crippen molar-refractivity contribution in [2.24, 2.45) is 5.92 Å². The standard InChI is InChI=1S/C12H17N5O2S/c1-2-8-14-11(20-17-8)13-6-7-4-3-5-12(7)9(18)15-10(19)16-12/h7H,2-6H2,1H3,(H,13,14,17)(H2,15,16,18,19). The number of hydrogen-bond acceptors (Lipinski definition) is 6. The highest BCUT2D eigenvalue weighted by molar-refractivity contribution is 7.09. The molecule has 8 heteroatoms. The third-order valence-electron chi connectivity index (χ3n) is 4.07. The predicted molar refractivity (Wildman–Crippen MR) is 74.5 cm³/mol. The number of anilines is 1. The molecule has 2 unspecified atom stereocenters. The minimum absolute atomic E-state index is 0.0860. The van der Waals surface area contributed by atoms with Crippen molar-refractivity contribution in [3.8, 4) is 0 Å². The maximum absolute atomic E-state index is 12.0. The van der Waals surface area contributed by atoms with Crippen molar-refractivity contribution < 1.29 is 9.59 Å². The van der Waals surface area contributed by atoms with E-state index in [1.165, 1.54) is 11.5 Å². The van der Waals surface area contributed by atoms with Crippen LogP contribution in [0.25, 0.3) is 0 Å². The van der Waals surface area contributed by atoms with Crippen LogP contribution in [-0.4, -0.2) is 33.4 Å². The van der Waals surface area contributed by atoms with E-state index in [1.807, 2.05) is 6.92 Å². The molecular weight excluding hydrogens is 278 g/mol. The minimum atomic E-state index is -0.734. The molecule has 20 heavy (non-hydrogen) atoms. The first-order valence-electron chi connectivity index (χ1n) is 6.84.